The molecule has 0 fully saturated rings. The molecule has 0 aliphatic heterocycles. The molecule has 0 aliphatic rings. The number of imidazole rings is 1. The standard InChI is InChI=1S/C25H23ClN4O2/c1-17(27-25(32)19-12-6-7-13-20(19)26)24-28-21-14-8-9-15-22(21)30(24)16-23(31)29(2)18-10-4-3-5-11-18/h3-15,17H,16H2,1-2H3,(H,27,32). The topological polar surface area (TPSA) is 67.2 Å². The maximum atomic E-state index is 13.1. The fraction of sp³-hybridized carbons (Fsp3) is 0.160. The van der Waals surface area contributed by atoms with Crippen LogP contribution in [0.25, 0.3) is 11.0 Å². The van der Waals surface area contributed by atoms with Crippen molar-refractivity contribution >= 4 is 40.1 Å². The number of fused-ring (bicyclic) bond motifs is 1. The van der Waals surface area contributed by atoms with Crippen LogP contribution in [0.4, 0.5) is 5.69 Å². The second-order valence-corrected chi connectivity index (χ2v) is 7.92. The Balaban J connectivity index is 1.63. The van der Waals surface area contributed by atoms with Crippen molar-refractivity contribution in [3.05, 3.63) is 95.3 Å². The molecule has 1 atom stereocenters. The van der Waals surface area contributed by atoms with Crippen LogP contribution < -0.4 is 10.2 Å². The zero-order chi connectivity index (χ0) is 22.7. The molecule has 0 aliphatic carbocycles. The predicted octanol–water partition coefficient (Wildman–Crippen LogP) is 4.84. The molecule has 3 aromatic carbocycles. The molecule has 32 heavy (non-hydrogen) atoms. The third-order valence-corrected chi connectivity index (χ3v) is 5.68. The number of amides is 2. The highest BCUT2D eigenvalue weighted by Gasteiger charge is 2.22. The average Bonchev–Trinajstić information content (AvgIpc) is 3.18. The molecule has 0 spiro atoms. The summed E-state index contributed by atoms with van der Waals surface area (Å²) in [7, 11) is 1.75. The van der Waals surface area contributed by atoms with E-state index in [1.807, 2.05) is 66.1 Å². The minimum Gasteiger partial charge on any atom is -0.342 e. The lowest BCUT2D eigenvalue weighted by atomic mass is 10.2. The highest BCUT2D eigenvalue weighted by atomic mass is 35.5. The molecule has 1 aromatic heterocycles. The van der Waals surface area contributed by atoms with Gasteiger partial charge >= 0.3 is 0 Å². The van der Waals surface area contributed by atoms with Crippen molar-refractivity contribution in [1.82, 2.24) is 14.9 Å². The number of anilines is 1. The Bertz CT molecular complexity index is 1270. The molecule has 1 N–H and O–H groups in total. The number of likely N-dealkylation sites (N-methyl/N-ethyl adjacent to an activating group) is 1. The first-order chi connectivity index (χ1) is 15.5. The third kappa shape index (κ3) is 4.36. The zero-order valence-electron chi connectivity index (χ0n) is 17.8. The first-order valence-corrected chi connectivity index (χ1v) is 10.7. The minimum absolute atomic E-state index is 0.0908. The second-order valence-electron chi connectivity index (χ2n) is 7.51. The summed E-state index contributed by atoms with van der Waals surface area (Å²) in [5, 5.41) is 3.34. The Labute approximate surface area is 191 Å². The molecular weight excluding hydrogens is 424 g/mol. The Morgan fingerprint density at radius 2 is 1.66 bits per heavy atom. The van der Waals surface area contributed by atoms with E-state index < -0.39 is 6.04 Å². The lowest BCUT2D eigenvalue weighted by Gasteiger charge is -2.20. The van der Waals surface area contributed by atoms with E-state index in [2.05, 4.69) is 5.32 Å². The van der Waals surface area contributed by atoms with Gasteiger partial charge in [-0.3, -0.25) is 9.59 Å². The first-order valence-electron chi connectivity index (χ1n) is 10.3. The summed E-state index contributed by atoms with van der Waals surface area (Å²) in [4.78, 5) is 32.2. The highest BCUT2D eigenvalue weighted by molar-refractivity contribution is 6.33. The largest absolute Gasteiger partial charge is 0.342 e. The molecule has 0 radical (unpaired) electrons. The number of nitrogens with zero attached hydrogens (tertiary/aromatic N) is 3. The molecular formula is C25H23ClN4O2. The zero-order valence-corrected chi connectivity index (χ0v) is 18.6. The summed E-state index contributed by atoms with van der Waals surface area (Å²) in [5.41, 5.74) is 2.79. The van der Waals surface area contributed by atoms with Gasteiger partial charge in [-0.2, -0.15) is 0 Å². The Kier molecular flexibility index (Phi) is 6.23. The van der Waals surface area contributed by atoms with E-state index in [1.165, 1.54) is 0 Å². The number of aromatic nitrogens is 2. The van der Waals surface area contributed by atoms with Gasteiger partial charge in [0.25, 0.3) is 5.91 Å². The van der Waals surface area contributed by atoms with E-state index >= 15 is 0 Å². The Morgan fingerprint density at radius 3 is 2.41 bits per heavy atom. The lowest BCUT2D eigenvalue weighted by molar-refractivity contribution is -0.118. The van der Waals surface area contributed by atoms with Gasteiger partial charge in [-0.25, -0.2) is 4.98 Å². The summed E-state index contributed by atoms with van der Waals surface area (Å²) in [6.45, 7) is 1.94. The van der Waals surface area contributed by atoms with E-state index in [-0.39, 0.29) is 18.4 Å². The van der Waals surface area contributed by atoms with Gasteiger partial charge in [0.15, 0.2) is 0 Å². The van der Waals surface area contributed by atoms with Gasteiger partial charge in [-0.15, -0.1) is 0 Å². The molecule has 4 aromatic rings. The number of hydrogen-bond acceptors (Lipinski definition) is 3. The molecule has 162 valence electrons. The van der Waals surface area contributed by atoms with Gasteiger partial charge in [-0.1, -0.05) is 54.1 Å². The van der Waals surface area contributed by atoms with Crippen LogP contribution >= 0.6 is 11.6 Å². The molecule has 1 heterocycles. The van der Waals surface area contributed by atoms with Crippen LogP contribution in [0, 0.1) is 0 Å². The number of carbonyl (C=O) groups is 2. The maximum absolute atomic E-state index is 13.1. The van der Waals surface area contributed by atoms with Crippen molar-refractivity contribution in [2.24, 2.45) is 0 Å². The van der Waals surface area contributed by atoms with Crippen molar-refractivity contribution in [3.63, 3.8) is 0 Å². The minimum atomic E-state index is -0.444. The van der Waals surface area contributed by atoms with Crippen LogP contribution in [0.3, 0.4) is 0 Å². The van der Waals surface area contributed by atoms with Gasteiger partial charge in [0, 0.05) is 12.7 Å². The van der Waals surface area contributed by atoms with Gasteiger partial charge in [0.05, 0.1) is 27.7 Å². The Morgan fingerprint density at radius 1 is 1.00 bits per heavy atom. The number of carbonyl (C=O) groups excluding carboxylic acids is 2. The molecule has 1 unspecified atom stereocenters. The summed E-state index contributed by atoms with van der Waals surface area (Å²) in [6.07, 6.45) is 0. The summed E-state index contributed by atoms with van der Waals surface area (Å²) in [6, 6.07) is 23.5. The van der Waals surface area contributed by atoms with E-state index in [1.54, 1.807) is 36.2 Å². The van der Waals surface area contributed by atoms with Crippen molar-refractivity contribution in [2.75, 3.05) is 11.9 Å². The molecule has 0 bridgehead atoms. The molecule has 6 nitrogen and oxygen atoms in total. The van der Waals surface area contributed by atoms with Crippen molar-refractivity contribution in [3.8, 4) is 0 Å². The van der Waals surface area contributed by atoms with Gasteiger partial charge in [-0.05, 0) is 43.3 Å². The van der Waals surface area contributed by atoms with Crippen LogP contribution in [-0.4, -0.2) is 28.4 Å². The molecule has 0 saturated carbocycles. The normalized spacial score (nSPS) is 11.8. The van der Waals surface area contributed by atoms with Crippen molar-refractivity contribution < 1.29 is 9.59 Å². The van der Waals surface area contributed by atoms with Crippen LogP contribution in [0.1, 0.15) is 29.1 Å². The van der Waals surface area contributed by atoms with Crippen LogP contribution in [0.5, 0.6) is 0 Å². The van der Waals surface area contributed by atoms with Crippen LogP contribution in [-0.2, 0) is 11.3 Å². The number of nitrogens with one attached hydrogen (secondary N) is 1. The van der Waals surface area contributed by atoms with E-state index in [0.29, 0.717) is 16.4 Å². The SMILES string of the molecule is CC(NC(=O)c1ccccc1Cl)c1nc2ccccc2n1CC(=O)N(C)c1ccccc1. The molecule has 4 rings (SSSR count). The molecule has 0 saturated heterocycles. The Hall–Kier alpha value is -3.64. The molecule has 7 heteroatoms. The van der Waals surface area contributed by atoms with Gasteiger partial charge in [0.2, 0.25) is 5.91 Å². The number of para-hydroxylation sites is 3. The predicted molar refractivity (Wildman–Crippen MR) is 127 cm³/mol. The smallest absolute Gasteiger partial charge is 0.253 e. The maximum Gasteiger partial charge on any atom is 0.253 e. The summed E-state index contributed by atoms with van der Waals surface area (Å²) < 4.78 is 1.86. The first kappa shape index (κ1) is 21.6. The summed E-state index contributed by atoms with van der Waals surface area (Å²) >= 11 is 6.17. The van der Waals surface area contributed by atoms with Gasteiger partial charge < -0.3 is 14.8 Å². The number of hydrogen-bond donors (Lipinski definition) is 1. The van der Waals surface area contributed by atoms with Gasteiger partial charge in [0.1, 0.15) is 12.4 Å². The highest BCUT2D eigenvalue weighted by Crippen LogP contribution is 2.23. The molecule has 2 amide bonds. The van der Waals surface area contributed by atoms with E-state index in [9.17, 15) is 9.59 Å². The second kappa shape index (κ2) is 9.24. The fourth-order valence-corrected chi connectivity index (χ4v) is 3.83. The average molecular weight is 447 g/mol. The monoisotopic (exact) mass is 446 g/mol. The fourth-order valence-electron chi connectivity index (χ4n) is 3.61. The number of halogens is 1. The van der Waals surface area contributed by atoms with E-state index in [4.69, 9.17) is 16.6 Å². The van der Waals surface area contributed by atoms with Crippen molar-refractivity contribution in [1.29, 1.82) is 0 Å². The third-order valence-electron chi connectivity index (χ3n) is 5.35. The quantitative estimate of drug-likeness (QED) is 0.460. The number of rotatable bonds is 6. The summed E-state index contributed by atoms with van der Waals surface area (Å²) in [5.74, 6) is 0.209. The van der Waals surface area contributed by atoms with Crippen LogP contribution in [0.2, 0.25) is 5.02 Å². The van der Waals surface area contributed by atoms with E-state index in [0.717, 1.165) is 16.7 Å². The van der Waals surface area contributed by atoms with Crippen LogP contribution in [0.15, 0.2) is 78.9 Å². The van der Waals surface area contributed by atoms with Crippen molar-refractivity contribution in [2.45, 2.75) is 19.5 Å². The lowest BCUT2D eigenvalue weighted by Crippen LogP contribution is -2.33. The number of benzene rings is 3.